The molecule has 8 heteroatoms. The zero-order valence-electron chi connectivity index (χ0n) is 12.2. The molecule has 2 aromatic heterocycles. The highest BCUT2D eigenvalue weighted by Gasteiger charge is 2.09. The average molecular weight is 317 g/mol. The molecule has 0 aliphatic heterocycles. The van der Waals surface area contributed by atoms with Gasteiger partial charge in [-0.15, -0.1) is 0 Å². The summed E-state index contributed by atoms with van der Waals surface area (Å²) in [4.78, 5) is 11.9. The van der Waals surface area contributed by atoms with E-state index in [2.05, 4.69) is 24.3 Å². The van der Waals surface area contributed by atoms with Gasteiger partial charge in [0.2, 0.25) is 0 Å². The number of amides is 1. The lowest BCUT2D eigenvalue weighted by molar-refractivity contribution is -0.123. The lowest BCUT2D eigenvalue weighted by atomic mass is 10.2. The highest BCUT2D eigenvalue weighted by molar-refractivity contribution is 7.00. The van der Waals surface area contributed by atoms with Crippen LogP contribution in [0.1, 0.15) is 17.0 Å². The van der Waals surface area contributed by atoms with Gasteiger partial charge in [0.1, 0.15) is 16.8 Å². The van der Waals surface area contributed by atoms with Crippen molar-refractivity contribution in [2.24, 2.45) is 0 Å². The third-order valence-electron chi connectivity index (χ3n) is 3.34. The van der Waals surface area contributed by atoms with Crippen molar-refractivity contribution in [2.75, 3.05) is 6.61 Å². The van der Waals surface area contributed by atoms with Gasteiger partial charge >= 0.3 is 0 Å². The molecular formula is C14H15N5O2S. The second-order valence-electron chi connectivity index (χ2n) is 4.89. The van der Waals surface area contributed by atoms with Crippen LogP contribution in [-0.4, -0.2) is 31.5 Å². The molecule has 114 valence electrons. The highest BCUT2D eigenvalue weighted by Crippen LogP contribution is 2.18. The van der Waals surface area contributed by atoms with Crippen LogP contribution in [0.5, 0.6) is 5.75 Å². The molecule has 7 nitrogen and oxygen atoms in total. The largest absolute Gasteiger partial charge is 0.484 e. The zero-order chi connectivity index (χ0) is 15.5. The number of hydrogen-bond acceptors (Lipinski definition) is 6. The maximum absolute atomic E-state index is 11.9. The summed E-state index contributed by atoms with van der Waals surface area (Å²) in [5, 5.41) is 9.80. The first-order valence-electron chi connectivity index (χ1n) is 6.76. The van der Waals surface area contributed by atoms with Crippen LogP contribution in [0.15, 0.2) is 18.2 Å². The number of aromatic amines is 1. The second-order valence-corrected chi connectivity index (χ2v) is 5.42. The standard InChI is InChI=1S/C14H15N5O2S/c1-8-11(9(2)17-16-8)6-15-14(20)7-21-10-3-4-12-13(5-10)19-22-18-12/h3-5H,6-7H2,1-2H3,(H,15,20)(H,16,17). The molecule has 3 rings (SSSR count). The van der Waals surface area contributed by atoms with Gasteiger partial charge in [-0.25, -0.2) is 0 Å². The van der Waals surface area contributed by atoms with Gasteiger partial charge in [0.05, 0.1) is 17.4 Å². The van der Waals surface area contributed by atoms with E-state index < -0.39 is 0 Å². The van der Waals surface area contributed by atoms with E-state index in [9.17, 15) is 4.79 Å². The fourth-order valence-corrected chi connectivity index (χ4v) is 2.59. The molecule has 2 N–H and O–H groups in total. The summed E-state index contributed by atoms with van der Waals surface area (Å²) < 4.78 is 13.7. The molecule has 22 heavy (non-hydrogen) atoms. The summed E-state index contributed by atoms with van der Waals surface area (Å²) in [6, 6.07) is 5.38. The Labute approximate surface area is 131 Å². The van der Waals surface area contributed by atoms with E-state index in [1.807, 2.05) is 19.9 Å². The van der Waals surface area contributed by atoms with Crippen molar-refractivity contribution in [3.05, 3.63) is 35.2 Å². The maximum Gasteiger partial charge on any atom is 0.258 e. The molecule has 0 radical (unpaired) electrons. The third-order valence-corrected chi connectivity index (χ3v) is 3.89. The molecule has 0 aliphatic rings. The van der Waals surface area contributed by atoms with E-state index in [0.29, 0.717) is 12.3 Å². The number of hydrogen-bond donors (Lipinski definition) is 2. The lowest BCUT2D eigenvalue weighted by Gasteiger charge is -2.07. The summed E-state index contributed by atoms with van der Waals surface area (Å²) >= 11 is 1.15. The lowest BCUT2D eigenvalue weighted by Crippen LogP contribution is -2.28. The minimum absolute atomic E-state index is 0.0426. The molecule has 0 saturated carbocycles. The SMILES string of the molecule is Cc1n[nH]c(C)c1CNC(=O)COc1ccc2nsnc2c1. The van der Waals surface area contributed by atoms with Gasteiger partial charge in [0, 0.05) is 23.9 Å². The Morgan fingerprint density at radius 1 is 1.32 bits per heavy atom. The van der Waals surface area contributed by atoms with Crippen molar-refractivity contribution in [1.29, 1.82) is 0 Å². The quantitative estimate of drug-likeness (QED) is 0.747. The van der Waals surface area contributed by atoms with Crippen LogP contribution in [0.2, 0.25) is 0 Å². The summed E-state index contributed by atoms with van der Waals surface area (Å²) in [6.45, 7) is 4.22. The number of nitrogens with one attached hydrogen (secondary N) is 2. The van der Waals surface area contributed by atoms with Gasteiger partial charge in [-0.1, -0.05) is 0 Å². The number of H-pyrrole nitrogens is 1. The summed E-state index contributed by atoms with van der Waals surface area (Å²) in [5.74, 6) is 0.419. The van der Waals surface area contributed by atoms with Crippen molar-refractivity contribution in [2.45, 2.75) is 20.4 Å². The normalized spacial score (nSPS) is 10.8. The smallest absolute Gasteiger partial charge is 0.258 e. The molecule has 1 aromatic carbocycles. The fraction of sp³-hybridized carbons (Fsp3) is 0.286. The second kappa shape index (κ2) is 6.10. The van der Waals surface area contributed by atoms with Crippen molar-refractivity contribution in [1.82, 2.24) is 24.3 Å². The number of aromatic nitrogens is 4. The van der Waals surface area contributed by atoms with Crippen molar-refractivity contribution < 1.29 is 9.53 Å². The molecule has 0 atom stereocenters. The van der Waals surface area contributed by atoms with Gasteiger partial charge < -0.3 is 10.1 Å². The summed E-state index contributed by atoms with van der Waals surface area (Å²) in [5.41, 5.74) is 4.45. The van der Waals surface area contributed by atoms with Gasteiger partial charge in [-0.05, 0) is 26.0 Å². The number of fused-ring (bicyclic) bond motifs is 1. The molecule has 0 spiro atoms. The van der Waals surface area contributed by atoms with Crippen molar-refractivity contribution in [3.8, 4) is 5.75 Å². The van der Waals surface area contributed by atoms with Crippen LogP contribution in [0.25, 0.3) is 11.0 Å². The average Bonchev–Trinajstić information content (AvgIpc) is 3.10. The number of carbonyl (C=O) groups is 1. The number of nitrogens with zero attached hydrogens (tertiary/aromatic N) is 3. The van der Waals surface area contributed by atoms with Crippen LogP contribution < -0.4 is 10.1 Å². The molecule has 0 saturated heterocycles. The van der Waals surface area contributed by atoms with Crippen LogP contribution in [0, 0.1) is 13.8 Å². The number of benzene rings is 1. The minimum Gasteiger partial charge on any atom is -0.484 e. The molecule has 1 amide bonds. The van der Waals surface area contributed by atoms with Crippen LogP contribution in [0.3, 0.4) is 0 Å². The van der Waals surface area contributed by atoms with E-state index in [-0.39, 0.29) is 12.5 Å². The number of aryl methyl sites for hydroxylation is 2. The molecule has 0 aliphatic carbocycles. The first-order valence-corrected chi connectivity index (χ1v) is 7.49. The fourth-order valence-electron chi connectivity index (χ4n) is 2.07. The van der Waals surface area contributed by atoms with Gasteiger partial charge in [-0.3, -0.25) is 9.89 Å². The van der Waals surface area contributed by atoms with Gasteiger partial charge in [-0.2, -0.15) is 13.8 Å². The predicted octanol–water partition coefficient (Wildman–Crippen LogP) is 1.73. The Balaban J connectivity index is 1.53. The van der Waals surface area contributed by atoms with E-state index in [1.54, 1.807) is 12.1 Å². The first kappa shape index (κ1) is 14.5. The molecule has 0 bridgehead atoms. The summed E-state index contributed by atoms with van der Waals surface area (Å²) in [7, 11) is 0. The van der Waals surface area contributed by atoms with E-state index in [0.717, 1.165) is 39.7 Å². The highest BCUT2D eigenvalue weighted by atomic mass is 32.1. The van der Waals surface area contributed by atoms with Gasteiger partial charge in [0.25, 0.3) is 5.91 Å². The number of ether oxygens (including phenoxy) is 1. The Morgan fingerprint density at radius 3 is 2.91 bits per heavy atom. The molecule has 0 unspecified atom stereocenters. The first-order chi connectivity index (χ1) is 10.6. The molecule has 3 aromatic rings. The van der Waals surface area contributed by atoms with Gasteiger partial charge in [0.15, 0.2) is 6.61 Å². The van der Waals surface area contributed by atoms with E-state index >= 15 is 0 Å². The Kier molecular flexibility index (Phi) is 4.01. The molecule has 2 heterocycles. The maximum atomic E-state index is 11.9. The Bertz CT molecular complexity index is 791. The predicted molar refractivity (Wildman–Crippen MR) is 82.8 cm³/mol. The van der Waals surface area contributed by atoms with Crippen molar-refractivity contribution in [3.63, 3.8) is 0 Å². The number of rotatable bonds is 5. The summed E-state index contributed by atoms with van der Waals surface area (Å²) in [6.07, 6.45) is 0. The monoisotopic (exact) mass is 317 g/mol. The van der Waals surface area contributed by atoms with Crippen LogP contribution in [0.4, 0.5) is 0 Å². The third kappa shape index (κ3) is 3.06. The topological polar surface area (TPSA) is 92.8 Å². The van der Waals surface area contributed by atoms with E-state index in [4.69, 9.17) is 4.74 Å². The number of carbonyl (C=O) groups excluding carboxylic acids is 1. The van der Waals surface area contributed by atoms with Crippen LogP contribution in [-0.2, 0) is 11.3 Å². The van der Waals surface area contributed by atoms with Crippen LogP contribution >= 0.6 is 11.7 Å². The zero-order valence-corrected chi connectivity index (χ0v) is 13.0. The minimum atomic E-state index is -0.184. The van der Waals surface area contributed by atoms with Crippen molar-refractivity contribution >= 4 is 28.7 Å². The molecule has 0 fully saturated rings. The van der Waals surface area contributed by atoms with E-state index in [1.165, 1.54) is 0 Å². The molecular weight excluding hydrogens is 302 g/mol. The Hall–Kier alpha value is -2.48. The Morgan fingerprint density at radius 2 is 2.14 bits per heavy atom.